The molecule has 1 aliphatic heterocycles. The molecule has 4 nitrogen and oxygen atoms in total. The lowest BCUT2D eigenvalue weighted by molar-refractivity contribution is 0.00518. The fourth-order valence-electron chi connectivity index (χ4n) is 2.18. The monoisotopic (exact) mass is 294 g/mol. The van der Waals surface area contributed by atoms with Crippen LogP contribution in [-0.2, 0) is 11.3 Å². The second-order valence-electron chi connectivity index (χ2n) is 6.49. The molecule has 1 fully saturated rings. The van der Waals surface area contributed by atoms with E-state index in [0.717, 1.165) is 5.56 Å². The smallest absolute Gasteiger partial charge is 0.410 e. The van der Waals surface area contributed by atoms with Crippen molar-refractivity contribution in [2.24, 2.45) is 0 Å². The number of nitrogens with zero attached hydrogens (tertiary/aromatic N) is 1. The molecule has 116 valence electrons. The van der Waals surface area contributed by atoms with Crippen molar-refractivity contribution in [1.82, 2.24) is 10.2 Å². The van der Waals surface area contributed by atoms with Crippen LogP contribution in [0.3, 0.4) is 0 Å². The van der Waals surface area contributed by atoms with Crippen LogP contribution >= 0.6 is 0 Å². The number of hydrogen-bond donors (Lipinski definition) is 1. The Morgan fingerprint density at radius 3 is 2.71 bits per heavy atom. The van der Waals surface area contributed by atoms with E-state index in [0.29, 0.717) is 25.2 Å². The summed E-state index contributed by atoms with van der Waals surface area (Å²) in [5.41, 5.74) is 1.16. The minimum atomic E-state index is -0.464. The van der Waals surface area contributed by atoms with Gasteiger partial charge in [0.2, 0.25) is 0 Å². The van der Waals surface area contributed by atoms with Crippen molar-refractivity contribution < 1.29 is 13.9 Å². The molecule has 0 aliphatic carbocycles. The first-order chi connectivity index (χ1) is 9.76. The Bertz CT molecular complexity index is 519. The Labute approximate surface area is 125 Å². The van der Waals surface area contributed by atoms with Crippen LogP contribution in [0.2, 0.25) is 0 Å². The topological polar surface area (TPSA) is 41.6 Å². The first-order valence-electron chi connectivity index (χ1n) is 7.21. The zero-order valence-corrected chi connectivity index (χ0v) is 13.1. The molecule has 21 heavy (non-hydrogen) atoms. The van der Waals surface area contributed by atoms with Crippen LogP contribution in [0, 0.1) is 12.7 Å². The Morgan fingerprint density at radius 1 is 1.43 bits per heavy atom. The van der Waals surface area contributed by atoms with Crippen LogP contribution in [0.5, 0.6) is 0 Å². The van der Waals surface area contributed by atoms with Crippen LogP contribution in [0.25, 0.3) is 0 Å². The molecule has 1 aliphatic rings. The molecule has 0 atom stereocenters. The van der Waals surface area contributed by atoms with Crippen LogP contribution in [0.1, 0.15) is 31.9 Å². The molecular formula is C16H23FN2O2. The third-order valence-electron chi connectivity index (χ3n) is 3.49. The van der Waals surface area contributed by atoms with Gasteiger partial charge in [0.15, 0.2) is 0 Å². The highest BCUT2D eigenvalue weighted by molar-refractivity contribution is 5.69. The molecule has 0 radical (unpaired) electrons. The van der Waals surface area contributed by atoms with Gasteiger partial charge in [0, 0.05) is 25.7 Å². The van der Waals surface area contributed by atoms with Gasteiger partial charge in [-0.25, -0.2) is 9.18 Å². The predicted molar refractivity (Wildman–Crippen MR) is 79.6 cm³/mol. The normalized spacial score (nSPS) is 15.8. The number of ether oxygens (including phenoxy) is 1. The Hall–Kier alpha value is -1.62. The average molecular weight is 294 g/mol. The summed E-state index contributed by atoms with van der Waals surface area (Å²) in [6.45, 7) is 9.20. The molecule has 1 amide bonds. The number of rotatable bonds is 3. The molecule has 0 unspecified atom stereocenters. The second kappa shape index (κ2) is 6.02. The molecule has 1 aromatic carbocycles. The molecule has 1 N–H and O–H groups in total. The number of nitrogens with one attached hydrogen (secondary N) is 1. The summed E-state index contributed by atoms with van der Waals surface area (Å²) >= 11 is 0. The minimum Gasteiger partial charge on any atom is -0.444 e. The number of benzene rings is 1. The third-order valence-corrected chi connectivity index (χ3v) is 3.49. The number of halogens is 1. The summed E-state index contributed by atoms with van der Waals surface area (Å²) in [4.78, 5) is 13.5. The maximum atomic E-state index is 13.4. The number of amides is 1. The van der Waals surface area contributed by atoms with Crippen LogP contribution in [0.15, 0.2) is 18.2 Å². The lowest BCUT2D eigenvalue weighted by Gasteiger charge is -2.40. The Balaban J connectivity index is 1.76. The molecule has 1 heterocycles. The summed E-state index contributed by atoms with van der Waals surface area (Å²) in [5.74, 6) is -0.182. The standard InChI is InChI=1S/C16H23FN2O2/c1-11-12(6-5-7-14(11)17)8-18-13-9-19(10-13)15(20)21-16(2,3)4/h5-7,13,18H,8-10H2,1-4H3. The minimum absolute atomic E-state index is 0.182. The van der Waals surface area contributed by atoms with Crippen LogP contribution in [-0.4, -0.2) is 35.7 Å². The van der Waals surface area contributed by atoms with Gasteiger partial charge >= 0.3 is 6.09 Å². The third kappa shape index (κ3) is 4.17. The van der Waals surface area contributed by atoms with Gasteiger partial charge in [-0.15, -0.1) is 0 Å². The number of carbonyl (C=O) groups excluding carboxylic acids is 1. The first-order valence-corrected chi connectivity index (χ1v) is 7.21. The van der Waals surface area contributed by atoms with E-state index in [1.54, 1.807) is 17.9 Å². The number of likely N-dealkylation sites (tertiary alicyclic amines) is 1. The lowest BCUT2D eigenvalue weighted by atomic mass is 10.1. The SMILES string of the molecule is Cc1c(F)cccc1CNC1CN(C(=O)OC(C)(C)C)C1. The van der Waals surface area contributed by atoms with Crippen molar-refractivity contribution >= 4 is 6.09 Å². The van der Waals surface area contributed by atoms with Gasteiger partial charge in [-0.3, -0.25) is 0 Å². The molecular weight excluding hydrogens is 271 g/mol. The van der Waals surface area contributed by atoms with E-state index in [9.17, 15) is 9.18 Å². The summed E-state index contributed by atoms with van der Waals surface area (Å²) in [6, 6.07) is 5.33. The van der Waals surface area contributed by atoms with Gasteiger partial charge in [-0.05, 0) is 44.9 Å². The predicted octanol–water partition coefficient (Wildman–Crippen LogP) is 2.84. The van der Waals surface area contributed by atoms with E-state index in [1.807, 2.05) is 26.8 Å². The van der Waals surface area contributed by atoms with E-state index in [-0.39, 0.29) is 18.0 Å². The van der Waals surface area contributed by atoms with Gasteiger partial charge in [-0.1, -0.05) is 12.1 Å². The van der Waals surface area contributed by atoms with Gasteiger partial charge in [-0.2, -0.15) is 0 Å². The summed E-state index contributed by atoms with van der Waals surface area (Å²) in [6.07, 6.45) is -0.275. The van der Waals surface area contributed by atoms with Crippen molar-refractivity contribution in [2.75, 3.05) is 13.1 Å². The summed E-state index contributed by atoms with van der Waals surface area (Å²) in [7, 11) is 0. The van der Waals surface area contributed by atoms with Crippen molar-refractivity contribution in [3.8, 4) is 0 Å². The highest BCUT2D eigenvalue weighted by atomic mass is 19.1. The van der Waals surface area contributed by atoms with Crippen molar-refractivity contribution in [3.63, 3.8) is 0 Å². The Morgan fingerprint density at radius 2 is 2.10 bits per heavy atom. The van der Waals surface area contributed by atoms with Crippen molar-refractivity contribution in [2.45, 2.75) is 45.9 Å². The molecule has 1 aromatic rings. The molecule has 1 saturated heterocycles. The number of hydrogen-bond acceptors (Lipinski definition) is 3. The van der Waals surface area contributed by atoms with Crippen molar-refractivity contribution in [1.29, 1.82) is 0 Å². The fourth-order valence-corrected chi connectivity index (χ4v) is 2.18. The van der Waals surface area contributed by atoms with E-state index >= 15 is 0 Å². The van der Waals surface area contributed by atoms with Gasteiger partial charge in [0.25, 0.3) is 0 Å². The molecule has 2 rings (SSSR count). The van der Waals surface area contributed by atoms with Crippen molar-refractivity contribution in [3.05, 3.63) is 35.1 Å². The zero-order chi connectivity index (χ0) is 15.6. The Kier molecular flexibility index (Phi) is 4.52. The van der Waals surface area contributed by atoms with E-state index in [1.165, 1.54) is 6.07 Å². The maximum absolute atomic E-state index is 13.4. The highest BCUT2D eigenvalue weighted by Crippen LogP contribution is 2.16. The zero-order valence-electron chi connectivity index (χ0n) is 13.1. The molecule has 0 bridgehead atoms. The highest BCUT2D eigenvalue weighted by Gasteiger charge is 2.33. The van der Waals surface area contributed by atoms with Crippen LogP contribution < -0.4 is 5.32 Å². The van der Waals surface area contributed by atoms with E-state index < -0.39 is 5.60 Å². The number of carbonyl (C=O) groups is 1. The molecule has 0 spiro atoms. The fraction of sp³-hybridized carbons (Fsp3) is 0.562. The maximum Gasteiger partial charge on any atom is 0.410 e. The molecule has 0 saturated carbocycles. The summed E-state index contributed by atoms with van der Waals surface area (Å²) < 4.78 is 18.7. The largest absolute Gasteiger partial charge is 0.444 e. The first kappa shape index (κ1) is 15.8. The van der Waals surface area contributed by atoms with E-state index in [2.05, 4.69) is 5.32 Å². The molecule has 0 aromatic heterocycles. The van der Waals surface area contributed by atoms with Gasteiger partial charge in [0.05, 0.1) is 0 Å². The molecule has 5 heteroatoms. The van der Waals surface area contributed by atoms with E-state index in [4.69, 9.17) is 4.74 Å². The quantitative estimate of drug-likeness (QED) is 0.932. The second-order valence-corrected chi connectivity index (χ2v) is 6.49. The van der Waals surface area contributed by atoms with Crippen LogP contribution in [0.4, 0.5) is 9.18 Å². The lowest BCUT2D eigenvalue weighted by Crippen LogP contribution is -2.60. The van der Waals surface area contributed by atoms with Gasteiger partial charge in [0.1, 0.15) is 11.4 Å². The van der Waals surface area contributed by atoms with Gasteiger partial charge < -0.3 is 15.0 Å². The average Bonchev–Trinajstić information content (AvgIpc) is 2.30. The summed E-state index contributed by atoms with van der Waals surface area (Å²) in [5, 5.41) is 3.34.